The standard InChI is InChI=1S/C8H7F5N2O2/c1-16-7-5(17-8(11,12)13)3(14)2-4(15-7)6(9)10/h2,6H,1H3,(H2,14,15). The maximum absolute atomic E-state index is 12.3. The van der Waals surface area contributed by atoms with Gasteiger partial charge in [0.05, 0.1) is 12.8 Å². The largest absolute Gasteiger partial charge is 0.573 e. The van der Waals surface area contributed by atoms with E-state index in [1.807, 2.05) is 0 Å². The second-order valence-electron chi connectivity index (χ2n) is 2.82. The summed E-state index contributed by atoms with van der Waals surface area (Å²) in [7, 11) is 0.959. The van der Waals surface area contributed by atoms with Crippen molar-refractivity contribution in [3.05, 3.63) is 11.8 Å². The number of pyridine rings is 1. The number of aromatic nitrogens is 1. The Morgan fingerprint density at radius 1 is 1.35 bits per heavy atom. The smallest absolute Gasteiger partial charge is 0.478 e. The molecule has 2 N–H and O–H groups in total. The molecule has 0 radical (unpaired) electrons. The van der Waals surface area contributed by atoms with Crippen molar-refractivity contribution in [2.45, 2.75) is 12.8 Å². The Kier molecular flexibility index (Phi) is 3.59. The summed E-state index contributed by atoms with van der Waals surface area (Å²) in [6.07, 6.45) is -8.00. The zero-order valence-corrected chi connectivity index (χ0v) is 8.39. The number of hydrogen-bond acceptors (Lipinski definition) is 4. The van der Waals surface area contributed by atoms with Crippen LogP contribution in [0.2, 0.25) is 0 Å². The van der Waals surface area contributed by atoms with Gasteiger partial charge in [0.1, 0.15) is 5.69 Å². The number of rotatable bonds is 3. The summed E-state index contributed by atoms with van der Waals surface area (Å²) in [5.41, 5.74) is 3.73. The third-order valence-corrected chi connectivity index (χ3v) is 1.63. The van der Waals surface area contributed by atoms with Crippen molar-refractivity contribution >= 4 is 5.69 Å². The SMILES string of the molecule is COc1nc(C(F)F)cc(N)c1OC(F)(F)F. The molecule has 0 bridgehead atoms. The van der Waals surface area contributed by atoms with E-state index in [0.717, 1.165) is 7.11 Å². The molecule has 0 saturated heterocycles. The molecule has 1 rings (SSSR count). The van der Waals surface area contributed by atoms with Gasteiger partial charge in [0.2, 0.25) is 5.75 Å². The molecule has 0 aromatic carbocycles. The molecule has 1 aromatic heterocycles. The van der Waals surface area contributed by atoms with E-state index in [1.54, 1.807) is 0 Å². The van der Waals surface area contributed by atoms with Crippen LogP contribution in [0.5, 0.6) is 11.6 Å². The highest BCUT2D eigenvalue weighted by Crippen LogP contribution is 2.37. The van der Waals surface area contributed by atoms with Crippen LogP contribution in [0.3, 0.4) is 0 Å². The summed E-state index contributed by atoms with van der Waals surface area (Å²) in [4.78, 5) is 3.16. The quantitative estimate of drug-likeness (QED) is 0.846. The number of anilines is 1. The van der Waals surface area contributed by atoms with E-state index < -0.39 is 35.8 Å². The van der Waals surface area contributed by atoms with Gasteiger partial charge in [-0.2, -0.15) is 0 Å². The Bertz CT molecular complexity index is 408. The lowest BCUT2D eigenvalue weighted by molar-refractivity contribution is -0.274. The van der Waals surface area contributed by atoms with E-state index >= 15 is 0 Å². The molecule has 9 heteroatoms. The maximum Gasteiger partial charge on any atom is 0.573 e. The van der Waals surface area contributed by atoms with Crippen LogP contribution in [0, 0.1) is 0 Å². The van der Waals surface area contributed by atoms with Crippen LogP contribution in [0.1, 0.15) is 12.1 Å². The Hall–Kier alpha value is -1.80. The molecular formula is C8H7F5N2O2. The number of ether oxygens (including phenoxy) is 2. The molecular weight excluding hydrogens is 251 g/mol. The molecule has 0 aliphatic carbocycles. The van der Waals surface area contributed by atoms with Crippen LogP contribution in [0.25, 0.3) is 0 Å². The molecule has 0 aliphatic heterocycles. The Morgan fingerprint density at radius 2 is 1.94 bits per heavy atom. The third kappa shape index (κ3) is 3.33. The number of alkyl halides is 5. The van der Waals surface area contributed by atoms with Gasteiger partial charge in [-0.3, -0.25) is 0 Å². The van der Waals surface area contributed by atoms with Crippen molar-refractivity contribution in [1.29, 1.82) is 0 Å². The predicted octanol–water partition coefficient (Wildman–Crippen LogP) is 2.51. The molecule has 0 aliphatic rings. The van der Waals surface area contributed by atoms with E-state index in [2.05, 4.69) is 14.5 Å². The van der Waals surface area contributed by atoms with Crippen molar-refractivity contribution in [3.8, 4) is 11.6 Å². The molecule has 0 fully saturated rings. The normalized spacial score (nSPS) is 11.7. The molecule has 4 nitrogen and oxygen atoms in total. The summed E-state index contributed by atoms with van der Waals surface area (Å²) in [6, 6.07) is 0.592. The monoisotopic (exact) mass is 258 g/mol. The fourth-order valence-corrected chi connectivity index (χ4v) is 1.02. The molecule has 1 aromatic rings. The lowest BCUT2D eigenvalue weighted by Crippen LogP contribution is -2.19. The molecule has 0 spiro atoms. The first-order chi connectivity index (χ1) is 7.74. The summed E-state index contributed by atoms with van der Waals surface area (Å²) in [5.74, 6) is -1.69. The van der Waals surface area contributed by atoms with E-state index in [-0.39, 0.29) is 0 Å². The summed E-state index contributed by atoms with van der Waals surface area (Å²) < 4.78 is 68.5. The van der Waals surface area contributed by atoms with Crippen LogP contribution in [0.4, 0.5) is 27.6 Å². The Balaban J connectivity index is 3.21. The third-order valence-electron chi connectivity index (χ3n) is 1.63. The molecule has 0 atom stereocenters. The average Bonchev–Trinajstić information content (AvgIpc) is 2.18. The second kappa shape index (κ2) is 4.60. The van der Waals surface area contributed by atoms with Crippen LogP contribution in [0.15, 0.2) is 6.07 Å². The van der Waals surface area contributed by atoms with E-state index in [0.29, 0.717) is 6.07 Å². The van der Waals surface area contributed by atoms with Gasteiger partial charge < -0.3 is 15.2 Å². The first-order valence-electron chi connectivity index (χ1n) is 4.13. The molecule has 0 unspecified atom stereocenters. The maximum atomic E-state index is 12.3. The Morgan fingerprint density at radius 3 is 2.35 bits per heavy atom. The summed E-state index contributed by atoms with van der Waals surface area (Å²) in [5, 5.41) is 0. The fraction of sp³-hybridized carbons (Fsp3) is 0.375. The van der Waals surface area contributed by atoms with Gasteiger partial charge in [-0.1, -0.05) is 0 Å². The number of methoxy groups -OCH3 is 1. The molecule has 17 heavy (non-hydrogen) atoms. The first kappa shape index (κ1) is 13.3. The number of halogens is 5. The first-order valence-corrected chi connectivity index (χ1v) is 4.13. The topological polar surface area (TPSA) is 57.4 Å². The van der Waals surface area contributed by atoms with Gasteiger partial charge in [-0.25, -0.2) is 13.8 Å². The van der Waals surface area contributed by atoms with Crippen LogP contribution < -0.4 is 15.2 Å². The fourth-order valence-electron chi connectivity index (χ4n) is 1.02. The minimum absolute atomic E-state index is 0.592. The highest BCUT2D eigenvalue weighted by Gasteiger charge is 2.34. The number of hydrogen-bond donors (Lipinski definition) is 1. The summed E-state index contributed by atoms with van der Waals surface area (Å²) in [6.45, 7) is 0. The van der Waals surface area contributed by atoms with Crippen LogP contribution >= 0.6 is 0 Å². The lowest BCUT2D eigenvalue weighted by atomic mass is 10.3. The number of nitrogens with zero attached hydrogens (tertiary/aromatic N) is 1. The summed E-state index contributed by atoms with van der Waals surface area (Å²) >= 11 is 0. The van der Waals surface area contributed by atoms with E-state index in [9.17, 15) is 22.0 Å². The zero-order chi connectivity index (χ0) is 13.2. The highest BCUT2D eigenvalue weighted by molar-refractivity contribution is 5.58. The highest BCUT2D eigenvalue weighted by atomic mass is 19.4. The lowest BCUT2D eigenvalue weighted by Gasteiger charge is -2.14. The molecule has 0 saturated carbocycles. The zero-order valence-electron chi connectivity index (χ0n) is 8.39. The van der Waals surface area contributed by atoms with Gasteiger partial charge in [-0.15, -0.1) is 13.2 Å². The predicted molar refractivity (Wildman–Crippen MR) is 46.8 cm³/mol. The average molecular weight is 258 g/mol. The van der Waals surface area contributed by atoms with Crippen molar-refractivity contribution < 1.29 is 31.4 Å². The van der Waals surface area contributed by atoms with Crippen LogP contribution in [-0.4, -0.2) is 18.5 Å². The Labute approximate surface area is 92.1 Å². The minimum Gasteiger partial charge on any atom is -0.478 e. The number of nitrogen functional groups attached to an aromatic ring is 1. The van der Waals surface area contributed by atoms with Crippen molar-refractivity contribution in [1.82, 2.24) is 4.98 Å². The van der Waals surface area contributed by atoms with Crippen LogP contribution in [-0.2, 0) is 0 Å². The van der Waals surface area contributed by atoms with Gasteiger partial charge in [0.25, 0.3) is 12.3 Å². The molecule has 1 heterocycles. The number of nitrogens with two attached hydrogens (primary N) is 1. The van der Waals surface area contributed by atoms with Gasteiger partial charge in [-0.05, 0) is 6.07 Å². The van der Waals surface area contributed by atoms with E-state index in [1.165, 1.54) is 0 Å². The van der Waals surface area contributed by atoms with Gasteiger partial charge >= 0.3 is 6.36 Å². The van der Waals surface area contributed by atoms with E-state index in [4.69, 9.17) is 5.73 Å². The molecule has 0 amide bonds. The molecule has 96 valence electrons. The minimum atomic E-state index is -5.02. The van der Waals surface area contributed by atoms with Gasteiger partial charge in [0.15, 0.2) is 0 Å². The van der Waals surface area contributed by atoms with Gasteiger partial charge in [0, 0.05) is 0 Å². The van der Waals surface area contributed by atoms with Crippen molar-refractivity contribution in [2.75, 3.05) is 12.8 Å². The van der Waals surface area contributed by atoms with Crippen molar-refractivity contribution in [2.24, 2.45) is 0 Å². The second-order valence-corrected chi connectivity index (χ2v) is 2.82. The van der Waals surface area contributed by atoms with Crippen molar-refractivity contribution in [3.63, 3.8) is 0 Å².